The minimum Gasteiger partial charge on any atom is -0.379 e. The first kappa shape index (κ1) is 18.1. The van der Waals surface area contributed by atoms with Crippen LogP contribution in [-0.2, 0) is 9.53 Å². The van der Waals surface area contributed by atoms with E-state index < -0.39 is 0 Å². The van der Waals surface area contributed by atoms with Crippen LogP contribution >= 0.6 is 0 Å². The Balaban J connectivity index is 1.57. The highest BCUT2D eigenvalue weighted by Crippen LogP contribution is 2.16. The van der Waals surface area contributed by atoms with Crippen LogP contribution in [0.2, 0.25) is 0 Å². The van der Waals surface area contributed by atoms with Crippen LogP contribution in [0.15, 0.2) is 54.6 Å². The SMILES string of the molecule is CN(C(=O)c1ccc(NC(=O)CN2CCOCC2)cc1)c1ccccc1. The van der Waals surface area contributed by atoms with E-state index in [4.69, 9.17) is 4.74 Å². The van der Waals surface area contributed by atoms with Gasteiger partial charge in [0.05, 0.1) is 19.8 Å². The second-order valence-corrected chi connectivity index (χ2v) is 6.21. The highest BCUT2D eigenvalue weighted by Gasteiger charge is 2.15. The number of hydrogen-bond acceptors (Lipinski definition) is 4. The number of carbonyl (C=O) groups excluding carboxylic acids is 2. The van der Waals surface area contributed by atoms with Crippen molar-refractivity contribution in [1.82, 2.24) is 4.90 Å². The predicted octanol–water partition coefficient (Wildman–Crippen LogP) is 2.23. The highest BCUT2D eigenvalue weighted by molar-refractivity contribution is 6.06. The van der Waals surface area contributed by atoms with Crippen LogP contribution in [0.5, 0.6) is 0 Å². The van der Waals surface area contributed by atoms with E-state index in [-0.39, 0.29) is 11.8 Å². The number of benzene rings is 2. The molecule has 0 bridgehead atoms. The van der Waals surface area contributed by atoms with Gasteiger partial charge in [0.2, 0.25) is 5.91 Å². The Morgan fingerprint density at radius 2 is 1.69 bits per heavy atom. The summed E-state index contributed by atoms with van der Waals surface area (Å²) in [6.07, 6.45) is 0. The molecule has 6 heteroatoms. The minimum atomic E-state index is -0.0950. The van der Waals surface area contributed by atoms with Crippen LogP contribution in [0.25, 0.3) is 0 Å². The van der Waals surface area contributed by atoms with Crippen molar-refractivity contribution in [2.24, 2.45) is 0 Å². The maximum Gasteiger partial charge on any atom is 0.258 e. The lowest BCUT2D eigenvalue weighted by Crippen LogP contribution is -2.41. The number of hydrogen-bond donors (Lipinski definition) is 1. The van der Waals surface area contributed by atoms with Crippen molar-refractivity contribution in [2.75, 3.05) is 50.1 Å². The average Bonchev–Trinajstić information content (AvgIpc) is 2.69. The number of nitrogens with one attached hydrogen (secondary N) is 1. The minimum absolute atomic E-state index is 0.0626. The number of rotatable bonds is 5. The van der Waals surface area contributed by atoms with Gasteiger partial charge in [0.25, 0.3) is 5.91 Å². The summed E-state index contributed by atoms with van der Waals surface area (Å²) in [4.78, 5) is 28.3. The van der Waals surface area contributed by atoms with Crippen LogP contribution in [0.4, 0.5) is 11.4 Å². The molecule has 1 aliphatic rings. The summed E-state index contributed by atoms with van der Waals surface area (Å²) in [6.45, 7) is 3.22. The van der Waals surface area contributed by atoms with Gasteiger partial charge >= 0.3 is 0 Å². The van der Waals surface area contributed by atoms with E-state index in [0.29, 0.717) is 31.0 Å². The Morgan fingerprint density at radius 1 is 1.04 bits per heavy atom. The lowest BCUT2D eigenvalue weighted by atomic mass is 10.1. The molecule has 1 heterocycles. The van der Waals surface area contributed by atoms with Crippen molar-refractivity contribution in [3.63, 3.8) is 0 Å². The standard InChI is InChI=1S/C20H23N3O3/c1-22(18-5-3-2-4-6-18)20(25)16-7-9-17(10-8-16)21-19(24)15-23-11-13-26-14-12-23/h2-10H,11-15H2,1H3,(H,21,24). The van der Waals surface area contributed by atoms with E-state index in [2.05, 4.69) is 10.2 Å². The van der Waals surface area contributed by atoms with Crippen LogP contribution in [0, 0.1) is 0 Å². The number of nitrogens with zero attached hydrogens (tertiary/aromatic N) is 2. The van der Waals surface area contributed by atoms with Gasteiger partial charge in [-0.3, -0.25) is 14.5 Å². The fourth-order valence-electron chi connectivity index (χ4n) is 2.82. The zero-order valence-corrected chi connectivity index (χ0v) is 14.9. The van der Waals surface area contributed by atoms with Crippen molar-refractivity contribution in [3.8, 4) is 0 Å². The summed E-state index contributed by atoms with van der Waals surface area (Å²) in [7, 11) is 1.75. The Bertz CT molecular complexity index is 741. The molecule has 2 aromatic carbocycles. The highest BCUT2D eigenvalue weighted by atomic mass is 16.5. The molecule has 2 aromatic rings. The third-order valence-electron chi connectivity index (χ3n) is 4.33. The Morgan fingerprint density at radius 3 is 2.35 bits per heavy atom. The van der Waals surface area contributed by atoms with Gasteiger partial charge in [-0.2, -0.15) is 0 Å². The van der Waals surface area contributed by atoms with Crippen molar-refractivity contribution >= 4 is 23.2 Å². The fourth-order valence-corrected chi connectivity index (χ4v) is 2.82. The molecule has 0 atom stereocenters. The molecule has 1 N–H and O–H groups in total. The number of carbonyl (C=O) groups is 2. The third kappa shape index (κ3) is 4.68. The molecule has 3 rings (SSSR count). The van der Waals surface area contributed by atoms with Gasteiger partial charge in [-0.05, 0) is 36.4 Å². The van der Waals surface area contributed by atoms with Crippen molar-refractivity contribution in [3.05, 3.63) is 60.2 Å². The summed E-state index contributed by atoms with van der Waals surface area (Å²) < 4.78 is 5.28. The zero-order chi connectivity index (χ0) is 18.4. The van der Waals surface area contributed by atoms with Gasteiger partial charge in [-0.1, -0.05) is 18.2 Å². The van der Waals surface area contributed by atoms with E-state index in [1.807, 2.05) is 30.3 Å². The first-order chi connectivity index (χ1) is 12.6. The molecule has 0 radical (unpaired) electrons. The second kappa shape index (κ2) is 8.60. The molecule has 0 spiro atoms. The van der Waals surface area contributed by atoms with Crippen LogP contribution < -0.4 is 10.2 Å². The fraction of sp³-hybridized carbons (Fsp3) is 0.300. The van der Waals surface area contributed by atoms with Gasteiger partial charge in [-0.15, -0.1) is 0 Å². The van der Waals surface area contributed by atoms with E-state index in [9.17, 15) is 9.59 Å². The van der Waals surface area contributed by atoms with Gasteiger partial charge in [0.1, 0.15) is 0 Å². The second-order valence-electron chi connectivity index (χ2n) is 6.21. The molecule has 2 amide bonds. The number of para-hydroxylation sites is 1. The molecule has 0 aliphatic carbocycles. The molecule has 1 aliphatic heterocycles. The largest absolute Gasteiger partial charge is 0.379 e. The number of ether oxygens (including phenoxy) is 1. The van der Waals surface area contributed by atoms with Gasteiger partial charge < -0.3 is 15.0 Å². The van der Waals surface area contributed by atoms with Crippen LogP contribution in [0.3, 0.4) is 0 Å². The Labute approximate surface area is 153 Å². The van der Waals surface area contributed by atoms with Crippen molar-refractivity contribution < 1.29 is 14.3 Å². The van der Waals surface area contributed by atoms with Crippen molar-refractivity contribution in [2.45, 2.75) is 0 Å². The first-order valence-electron chi connectivity index (χ1n) is 8.66. The molecule has 0 unspecified atom stereocenters. The van der Waals surface area contributed by atoms with Gasteiger partial charge in [0, 0.05) is 37.1 Å². The van der Waals surface area contributed by atoms with E-state index in [1.54, 1.807) is 36.2 Å². The van der Waals surface area contributed by atoms with E-state index >= 15 is 0 Å². The van der Waals surface area contributed by atoms with Crippen LogP contribution in [-0.4, -0.2) is 56.6 Å². The third-order valence-corrected chi connectivity index (χ3v) is 4.33. The van der Waals surface area contributed by atoms with E-state index in [0.717, 1.165) is 18.8 Å². The Kier molecular flexibility index (Phi) is 5.99. The van der Waals surface area contributed by atoms with Crippen molar-refractivity contribution in [1.29, 1.82) is 0 Å². The lowest BCUT2D eigenvalue weighted by molar-refractivity contribution is -0.118. The monoisotopic (exact) mass is 353 g/mol. The van der Waals surface area contributed by atoms with Gasteiger partial charge in [0.15, 0.2) is 0 Å². The molecular weight excluding hydrogens is 330 g/mol. The molecule has 0 saturated carbocycles. The molecule has 26 heavy (non-hydrogen) atoms. The quantitative estimate of drug-likeness (QED) is 0.895. The molecule has 1 fully saturated rings. The molecule has 1 saturated heterocycles. The summed E-state index contributed by atoms with van der Waals surface area (Å²) in [6, 6.07) is 16.4. The number of amides is 2. The molecule has 6 nitrogen and oxygen atoms in total. The summed E-state index contributed by atoms with van der Waals surface area (Å²) >= 11 is 0. The zero-order valence-electron chi connectivity index (χ0n) is 14.9. The lowest BCUT2D eigenvalue weighted by Gasteiger charge is -2.25. The summed E-state index contributed by atoms with van der Waals surface area (Å²) in [5.41, 5.74) is 2.09. The topological polar surface area (TPSA) is 61.9 Å². The number of morpholine rings is 1. The maximum absolute atomic E-state index is 12.6. The van der Waals surface area contributed by atoms with Crippen LogP contribution in [0.1, 0.15) is 10.4 Å². The first-order valence-corrected chi connectivity index (χ1v) is 8.66. The van der Waals surface area contributed by atoms with Gasteiger partial charge in [-0.25, -0.2) is 0 Å². The molecular formula is C20H23N3O3. The smallest absolute Gasteiger partial charge is 0.258 e. The maximum atomic E-state index is 12.6. The normalized spacial score (nSPS) is 14.7. The molecule has 0 aromatic heterocycles. The summed E-state index contributed by atoms with van der Waals surface area (Å²) in [5, 5.41) is 2.87. The average molecular weight is 353 g/mol. The van der Waals surface area contributed by atoms with E-state index in [1.165, 1.54) is 0 Å². The Hall–Kier alpha value is -2.70. The number of anilines is 2. The predicted molar refractivity (Wildman–Crippen MR) is 102 cm³/mol. The molecule has 136 valence electrons. The summed E-state index contributed by atoms with van der Waals surface area (Å²) in [5.74, 6) is -0.158.